The highest BCUT2D eigenvalue weighted by molar-refractivity contribution is 5.46. The zero-order valence-electron chi connectivity index (χ0n) is 9.22. The van der Waals surface area contributed by atoms with Gasteiger partial charge in [-0.1, -0.05) is 0 Å². The Morgan fingerprint density at radius 1 is 1.25 bits per heavy atom. The van der Waals surface area contributed by atoms with Crippen molar-refractivity contribution in [3.05, 3.63) is 42.2 Å². The SMILES string of the molecule is CCn1nccc1CNc1ccc(O)cc1. The quantitative estimate of drug-likeness (QED) is 0.772. The second-order valence-corrected chi connectivity index (χ2v) is 3.54. The molecule has 0 radical (unpaired) electrons. The van der Waals surface area contributed by atoms with Crippen LogP contribution in [0.2, 0.25) is 0 Å². The monoisotopic (exact) mass is 217 g/mol. The van der Waals surface area contributed by atoms with Crippen molar-refractivity contribution < 1.29 is 5.11 Å². The van der Waals surface area contributed by atoms with Crippen LogP contribution >= 0.6 is 0 Å². The van der Waals surface area contributed by atoms with E-state index in [-0.39, 0.29) is 5.75 Å². The number of aromatic nitrogens is 2. The summed E-state index contributed by atoms with van der Waals surface area (Å²) in [6.45, 7) is 3.68. The average molecular weight is 217 g/mol. The van der Waals surface area contributed by atoms with Crippen LogP contribution in [0.1, 0.15) is 12.6 Å². The zero-order chi connectivity index (χ0) is 11.4. The fourth-order valence-corrected chi connectivity index (χ4v) is 1.57. The van der Waals surface area contributed by atoms with Crippen molar-refractivity contribution in [2.45, 2.75) is 20.0 Å². The molecule has 0 saturated heterocycles. The molecule has 0 unspecified atom stereocenters. The number of phenolic OH excluding ortho intramolecular Hbond substituents is 1. The van der Waals surface area contributed by atoms with E-state index in [4.69, 9.17) is 5.11 Å². The Morgan fingerprint density at radius 2 is 2.00 bits per heavy atom. The van der Waals surface area contributed by atoms with Crippen molar-refractivity contribution in [3.8, 4) is 5.75 Å². The summed E-state index contributed by atoms with van der Waals surface area (Å²) in [7, 11) is 0. The van der Waals surface area contributed by atoms with Gasteiger partial charge in [-0.05, 0) is 37.3 Å². The number of nitrogens with zero attached hydrogens (tertiary/aromatic N) is 2. The normalized spacial score (nSPS) is 10.3. The Hall–Kier alpha value is -1.97. The summed E-state index contributed by atoms with van der Waals surface area (Å²) >= 11 is 0. The van der Waals surface area contributed by atoms with Crippen LogP contribution < -0.4 is 5.32 Å². The molecule has 2 aromatic rings. The Labute approximate surface area is 94.5 Å². The third kappa shape index (κ3) is 2.34. The lowest BCUT2D eigenvalue weighted by atomic mass is 10.3. The van der Waals surface area contributed by atoms with Crippen LogP contribution in [0, 0.1) is 0 Å². The first-order chi connectivity index (χ1) is 7.79. The van der Waals surface area contributed by atoms with Crippen molar-refractivity contribution in [3.63, 3.8) is 0 Å². The minimum atomic E-state index is 0.282. The van der Waals surface area contributed by atoms with E-state index in [0.29, 0.717) is 0 Å². The number of aryl methyl sites for hydroxylation is 1. The average Bonchev–Trinajstić information content (AvgIpc) is 2.76. The van der Waals surface area contributed by atoms with Gasteiger partial charge >= 0.3 is 0 Å². The molecule has 0 spiro atoms. The van der Waals surface area contributed by atoms with Crippen molar-refractivity contribution in [1.82, 2.24) is 9.78 Å². The molecule has 1 aromatic carbocycles. The van der Waals surface area contributed by atoms with Gasteiger partial charge in [0, 0.05) is 18.4 Å². The van der Waals surface area contributed by atoms with Crippen molar-refractivity contribution >= 4 is 5.69 Å². The van der Waals surface area contributed by atoms with Gasteiger partial charge in [-0.3, -0.25) is 4.68 Å². The summed E-state index contributed by atoms with van der Waals surface area (Å²) in [6, 6.07) is 9.03. The largest absolute Gasteiger partial charge is 0.508 e. The highest BCUT2D eigenvalue weighted by Gasteiger charge is 2.00. The zero-order valence-corrected chi connectivity index (χ0v) is 9.22. The molecule has 1 heterocycles. The third-order valence-electron chi connectivity index (χ3n) is 2.44. The minimum Gasteiger partial charge on any atom is -0.508 e. The smallest absolute Gasteiger partial charge is 0.115 e. The first-order valence-corrected chi connectivity index (χ1v) is 5.33. The Morgan fingerprint density at radius 3 is 2.69 bits per heavy atom. The van der Waals surface area contributed by atoms with Crippen molar-refractivity contribution in [2.24, 2.45) is 0 Å². The van der Waals surface area contributed by atoms with Crippen LogP contribution in [0.3, 0.4) is 0 Å². The van der Waals surface area contributed by atoms with Gasteiger partial charge < -0.3 is 10.4 Å². The molecular formula is C12H15N3O. The maximum absolute atomic E-state index is 9.15. The first kappa shape index (κ1) is 10.5. The molecule has 0 aliphatic carbocycles. The van der Waals surface area contributed by atoms with Gasteiger partial charge in [0.1, 0.15) is 5.75 Å². The van der Waals surface area contributed by atoms with Gasteiger partial charge in [-0.25, -0.2) is 0 Å². The van der Waals surface area contributed by atoms with E-state index in [1.165, 1.54) is 0 Å². The van der Waals surface area contributed by atoms with E-state index in [2.05, 4.69) is 17.3 Å². The predicted molar refractivity (Wildman–Crippen MR) is 63.3 cm³/mol. The van der Waals surface area contributed by atoms with Crippen LogP contribution in [-0.4, -0.2) is 14.9 Å². The molecule has 16 heavy (non-hydrogen) atoms. The van der Waals surface area contributed by atoms with E-state index in [1.807, 2.05) is 22.9 Å². The molecule has 4 nitrogen and oxygen atoms in total. The summed E-state index contributed by atoms with van der Waals surface area (Å²) < 4.78 is 1.95. The molecule has 0 atom stereocenters. The lowest BCUT2D eigenvalue weighted by Crippen LogP contribution is -2.07. The fourth-order valence-electron chi connectivity index (χ4n) is 1.57. The van der Waals surface area contributed by atoms with Gasteiger partial charge in [-0.2, -0.15) is 5.10 Å². The lowest BCUT2D eigenvalue weighted by Gasteiger charge is -2.07. The molecule has 84 valence electrons. The van der Waals surface area contributed by atoms with Gasteiger partial charge in [-0.15, -0.1) is 0 Å². The van der Waals surface area contributed by atoms with Gasteiger partial charge in [0.2, 0.25) is 0 Å². The molecule has 4 heteroatoms. The van der Waals surface area contributed by atoms with Gasteiger partial charge in [0.05, 0.1) is 12.2 Å². The number of anilines is 1. The Balaban J connectivity index is 1.99. The molecule has 2 rings (SSSR count). The topological polar surface area (TPSA) is 50.1 Å². The molecule has 2 N–H and O–H groups in total. The number of phenols is 1. The summed E-state index contributed by atoms with van der Waals surface area (Å²) in [5, 5.41) is 16.6. The summed E-state index contributed by atoms with van der Waals surface area (Å²) in [5.74, 6) is 0.282. The molecule has 0 amide bonds. The number of benzene rings is 1. The van der Waals surface area contributed by atoms with Crippen LogP contribution in [0.5, 0.6) is 5.75 Å². The second-order valence-electron chi connectivity index (χ2n) is 3.54. The van der Waals surface area contributed by atoms with E-state index >= 15 is 0 Å². The summed E-state index contributed by atoms with van der Waals surface area (Å²) in [5.41, 5.74) is 2.14. The van der Waals surface area contributed by atoms with Gasteiger partial charge in [0.25, 0.3) is 0 Å². The molecule has 0 aliphatic rings. The highest BCUT2D eigenvalue weighted by atomic mass is 16.3. The van der Waals surface area contributed by atoms with Crippen molar-refractivity contribution in [1.29, 1.82) is 0 Å². The Bertz CT molecular complexity index is 448. The van der Waals surface area contributed by atoms with Crippen LogP contribution in [0.25, 0.3) is 0 Å². The Kier molecular flexibility index (Phi) is 3.10. The van der Waals surface area contributed by atoms with Crippen LogP contribution in [0.15, 0.2) is 36.5 Å². The third-order valence-corrected chi connectivity index (χ3v) is 2.44. The minimum absolute atomic E-state index is 0.282. The van der Waals surface area contributed by atoms with E-state index in [1.54, 1.807) is 18.3 Å². The van der Waals surface area contributed by atoms with Gasteiger partial charge in [0.15, 0.2) is 0 Å². The molecule has 1 aromatic heterocycles. The van der Waals surface area contributed by atoms with E-state index in [9.17, 15) is 0 Å². The number of rotatable bonds is 4. The summed E-state index contributed by atoms with van der Waals surface area (Å²) in [6.07, 6.45) is 1.80. The summed E-state index contributed by atoms with van der Waals surface area (Å²) in [4.78, 5) is 0. The first-order valence-electron chi connectivity index (χ1n) is 5.33. The molecule has 0 aliphatic heterocycles. The van der Waals surface area contributed by atoms with E-state index < -0.39 is 0 Å². The number of hydrogen-bond donors (Lipinski definition) is 2. The number of hydrogen-bond acceptors (Lipinski definition) is 3. The lowest BCUT2D eigenvalue weighted by molar-refractivity contribution is 0.475. The van der Waals surface area contributed by atoms with Crippen LogP contribution in [-0.2, 0) is 13.1 Å². The number of nitrogens with one attached hydrogen (secondary N) is 1. The molecular weight excluding hydrogens is 202 g/mol. The standard InChI is InChI=1S/C12H15N3O/c1-2-15-11(7-8-14-15)9-13-10-3-5-12(16)6-4-10/h3-8,13,16H,2,9H2,1H3. The van der Waals surface area contributed by atoms with Crippen molar-refractivity contribution in [2.75, 3.05) is 5.32 Å². The van der Waals surface area contributed by atoms with Crippen LogP contribution in [0.4, 0.5) is 5.69 Å². The maximum Gasteiger partial charge on any atom is 0.115 e. The molecule has 0 saturated carbocycles. The number of aromatic hydroxyl groups is 1. The fraction of sp³-hybridized carbons (Fsp3) is 0.250. The predicted octanol–water partition coefficient (Wildman–Crippen LogP) is 2.22. The second kappa shape index (κ2) is 4.70. The van der Waals surface area contributed by atoms with E-state index in [0.717, 1.165) is 24.5 Å². The maximum atomic E-state index is 9.15. The highest BCUT2D eigenvalue weighted by Crippen LogP contribution is 2.14. The molecule has 0 fully saturated rings. The molecule has 0 bridgehead atoms.